The molecule has 0 aliphatic heterocycles. The fourth-order valence-electron chi connectivity index (χ4n) is 1.92. The Kier molecular flexibility index (Phi) is 4.74. The van der Waals surface area contributed by atoms with E-state index in [1.54, 1.807) is 0 Å². The van der Waals surface area contributed by atoms with Crippen LogP contribution in [0.4, 0.5) is 0 Å². The van der Waals surface area contributed by atoms with Crippen LogP contribution in [0.15, 0.2) is 54.6 Å². The van der Waals surface area contributed by atoms with E-state index in [2.05, 4.69) is 0 Å². The zero-order chi connectivity index (χ0) is 14.4. The molecule has 2 rings (SSSR count). The van der Waals surface area contributed by atoms with E-state index in [0.29, 0.717) is 6.42 Å². The van der Waals surface area contributed by atoms with Crippen LogP contribution in [0.5, 0.6) is 11.5 Å². The molecule has 0 unspecified atom stereocenters. The Balaban J connectivity index is 1.94. The van der Waals surface area contributed by atoms with Crippen LogP contribution in [0.1, 0.15) is 12.0 Å². The summed E-state index contributed by atoms with van der Waals surface area (Å²) in [5, 5.41) is 8.67. The highest BCUT2D eigenvalue weighted by Gasteiger charge is 2.08. The van der Waals surface area contributed by atoms with Gasteiger partial charge in [0.15, 0.2) is 0 Å². The van der Waals surface area contributed by atoms with Gasteiger partial charge in [-0.1, -0.05) is 30.3 Å². The van der Waals surface area contributed by atoms with Gasteiger partial charge in [0.2, 0.25) is 0 Å². The normalized spacial score (nSPS) is 11.8. The average molecular weight is 271 g/mol. The van der Waals surface area contributed by atoms with Crippen molar-refractivity contribution in [3.05, 3.63) is 60.2 Å². The van der Waals surface area contributed by atoms with Crippen LogP contribution in [0.3, 0.4) is 0 Å². The Morgan fingerprint density at radius 1 is 1.05 bits per heavy atom. The number of para-hydroxylation sites is 1. The lowest BCUT2D eigenvalue weighted by Crippen LogP contribution is -2.26. The second kappa shape index (κ2) is 6.73. The Bertz CT molecular complexity index is 552. The third-order valence-electron chi connectivity index (χ3n) is 2.84. The number of benzene rings is 2. The van der Waals surface area contributed by atoms with Crippen LogP contribution < -0.4 is 10.5 Å². The average Bonchev–Trinajstić information content (AvgIpc) is 2.41. The number of aliphatic carboxylic acids is 1. The third kappa shape index (κ3) is 4.40. The Morgan fingerprint density at radius 2 is 1.65 bits per heavy atom. The zero-order valence-electron chi connectivity index (χ0n) is 11.0. The van der Waals surface area contributed by atoms with E-state index in [1.807, 2.05) is 54.6 Å². The SMILES string of the molecule is N[C@H](CC(=O)O)Cc1ccc(Oc2ccccc2)cc1. The first-order valence-corrected chi connectivity index (χ1v) is 6.42. The predicted octanol–water partition coefficient (Wildman–Crippen LogP) is 2.82. The van der Waals surface area contributed by atoms with Crippen molar-refractivity contribution in [1.82, 2.24) is 0 Å². The maximum absolute atomic E-state index is 10.6. The molecule has 104 valence electrons. The van der Waals surface area contributed by atoms with Crippen LogP contribution in [-0.4, -0.2) is 17.1 Å². The van der Waals surface area contributed by atoms with Gasteiger partial charge in [0.25, 0.3) is 0 Å². The minimum Gasteiger partial charge on any atom is -0.481 e. The molecule has 4 nitrogen and oxygen atoms in total. The number of carboxylic acids is 1. The van der Waals surface area contributed by atoms with E-state index < -0.39 is 5.97 Å². The summed E-state index contributed by atoms with van der Waals surface area (Å²) < 4.78 is 5.68. The van der Waals surface area contributed by atoms with Crippen molar-refractivity contribution < 1.29 is 14.6 Å². The van der Waals surface area contributed by atoms with Gasteiger partial charge in [-0.2, -0.15) is 0 Å². The van der Waals surface area contributed by atoms with E-state index in [-0.39, 0.29) is 12.5 Å². The van der Waals surface area contributed by atoms with Crippen molar-refractivity contribution in [2.24, 2.45) is 5.73 Å². The standard InChI is InChI=1S/C16H17NO3/c17-13(11-16(18)19)10-12-6-8-15(9-7-12)20-14-4-2-1-3-5-14/h1-9,13H,10-11,17H2,(H,18,19)/t13-/m0/s1. The van der Waals surface area contributed by atoms with Crippen LogP contribution in [-0.2, 0) is 11.2 Å². The van der Waals surface area contributed by atoms with E-state index in [0.717, 1.165) is 17.1 Å². The van der Waals surface area contributed by atoms with Gasteiger partial charge < -0.3 is 15.6 Å². The number of ether oxygens (including phenoxy) is 1. The van der Waals surface area contributed by atoms with Crippen molar-refractivity contribution in [3.8, 4) is 11.5 Å². The molecule has 0 spiro atoms. The first-order valence-electron chi connectivity index (χ1n) is 6.42. The van der Waals surface area contributed by atoms with Crippen molar-refractivity contribution in [2.45, 2.75) is 18.9 Å². The quantitative estimate of drug-likeness (QED) is 0.847. The van der Waals surface area contributed by atoms with E-state index in [9.17, 15) is 4.79 Å². The topological polar surface area (TPSA) is 72.6 Å². The van der Waals surface area contributed by atoms with Gasteiger partial charge >= 0.3 is 5.97 Å². The summed E-state index contributed by atoms with van der Waals surface area (Å²) in [7, 11) is 0. The molecule has 0 saturated carbocycles. The molecule has 0 aromatic heterocycles. The molecule has 0 fully saturated rings. The molecule has 0 radical (unpaired) electrons. The first kappa shape index (κ1) is 14.1. The van der Waals surface area contributed by atoms with Crippen molar-refractivity contribution >= 4 is 5.97 Å². The van der Waals surface area contributed by atoms with Gasteiger partial charge in [0, 0.05) is 6.04 Å². The molecule has 1 atom stereocenters. The largest absolute Gasteiger partial charge is 0.481 e. The summed E-state index contributed by atoms with van der Waals surface area (Å²) in [5.41, 5.74) is 6.76. The van der Waals surface area contributed by atoms with Crippen molar-refractivity contribution in [1.29, 1.82) is 0 Å². The van der Waals surface area contributed by atoms with Crippen molar-refractivity contribution in [3.63, 3.8) is 0 Å². The third-order valence-corrected chi connectivity index (χ3v) is 2.84. The van der Waals surface area contributed by atoms with Gasteiger partial charge in [-0.15, -0.1) is 0 Å². The predicted molar refractivity (Wildman–Crippen MR) is 76.9 cm³/mol. The summed E-state index contributed by atoms with van der Waals surface area (Å²) in [5.74, 6) is 0.649. The maximum Gasteiger partial charge on any atom is 0.304 e. The molecule has 0 heterocycles. The number of hydrogen-bond donors (Lipinski definition) is 2. The van der Waals surface area contributed by atoms with Gasteiger partial charge in [0.1, 0.15) is 11.5 Å². The molecule has 4 heteroatoms. The molecule has 0 aliphatic carbocycles. The number of rotatable bonds is 6. The lowest BCUT2D eigenvalue weighted by atomic mass is 10.0. The highest BCUT2D eigenvalue weighted by atomic mass is 16.5. The summed E-state index contributed by atoms with van der Waals surface area (Å²) in [6.07, 6.45) is 0.514. The number of hydrogen-bond acceptors (Lipinski definition) is 3. The first-order chi connectivity index (χ1) is 9.63. The molecule has 20 heavy (non-hydrogen) atoms. The second-order valence-corrected chi connectivity index (χ2v) is 4.62. The molecular formula is C16H17NO3. The smallest absolute Gasteiger partial charge is 0.304 e. The lowest BCUT2D eigenvalue weighted by molar-refractivity contribution is -0.137. The second-order valence-electron chi connectivity index (χ2n) is 4.62. The Labute approximate surface area is 117 Å². The number of nitrogens with two attached hydrogens (primary N) is 1. The summed E-state index contributed by atoms with van der Waals surface area (Å²) >= 11 is 0. The molecule has 3 N–H and O–H groups in total. The Morgan fingerprint density at radius 3 is 2.25 bits per heavy atom. The minimum atomic E-state index is -0.874. The lowest BCUT2D eigenvalue weighted by Gasteiger charge is -2.10. The van der Waals surface area contributed by atoms with Crippen LogP contribution in [0.25, 0.3) is 0 Å². The molecule has 2 aromatic carbocycles. The monoisotopic (exact) mass is 271 g/mol. The van der Waals surface area contributed by atoms with Crippen LogP contribution >= 0.6 is 0 Å². The van der Waals surface area contributed by atoms with E-state index in [4.69, 9.17) is 15.6 Å². The van der Waals surface area contributed by atoms with Gasteiger partial charge in [-0.25, -0.2) is 0 Å². The summed E-state index contributed by atoms with van der Waals surface area (Å²) in [6, 6.07) is 16.7. The van der Waals surface area contributed by atoms with Crippen LogP contribution in [0.2, 0.25) is 0 Å². The number of carboxylic acid groups (broad SMARTS) is 1. The molecule has 2 aromatic rings. The molecule has 0 aliphatic rings. The van der Waals surface area contributed by atoms with Gasteiger partial charge in [0.05, 0.1) is 6.42 Å². The van der Waals surface area contributed by atoms with E-state index in [1.165, 1.54) is 0 Å². The summed E-state index contributed by atoms with van der Waals surface area (Å²) in [6.45, 7) is 0. The highest BCUT2D eigenvalue weighted by Crippen LogP contribution is 2.21. The molecule has 0 saturated heterocycles. The van der Waals surface area contributed by atoms with Gasteiger partial charge in [-0.3, -0.25) is 4.79 Å². The summed E-state index contributed by atoms with van der Waals surface area (Å²) in [4.78, 5) is 10.6. The molecule has 0 amide bonds. The molecular weight excluding hydrogens is 254 g/mol. The zero-order valence-corrected chi connectivity index (χ0v) is 11.0. The fraction of sp³-hybridized carbons (Fsp3) is 0.188. The van der Waals surface area contributed by atoms with E-state index >= 15 is 0 Å². The fourth-order valence-corrected chi connectivity index (χ4v) is 1.92. The minimum absolute atomic E-state index is 0.0255. The highest BCUT2D eigenvalue weighted by molar-refractivity contribution is 5.67. The van der Waals surface area contributed by atoms with Crippen molar-refractivity contribution in [2.75, 3.05) is 0 Å². The van der Waals surface area contributed by atoms with Crippen LogP contribution in [0, 0.1) is 0 Å². The maximum atomic E-state index is 10.6. The molecule has 0 bridgehead atoms. The number of carbonyl (C=O) groups is 1. The van der Waals surface area contributed by atoms with Gasteiger partial charge in [-0.05, 0) is 36.2 Å². The Hall–Kier alpha value is -2.33.